The van der Waals surface area contributed by atoms with Crippen LogP contribution in [0.25, 0.3) is 0 Å². The van der Waals surface area contributed by atoms with E-state index in [-0.39, 0.29) is 19.1 Å². The molecule has 4 heteroatoms. The Morgan fingerprint density at radius 1 is 1.06 bits per heavy atom. The van der Waals surface area contributed by atoms with Gasteiger partial charge in [0.05, 0.1) is 12.7 Å². The minimum absolute atomic E-state index is 0.0338. The lowest BCUT2D eigenvalue weighted by molar-refractivity contribution is -0.121. The number of carbonyl (C=O) groups excluding carboxylic acids is 1. The van der Waals surface area contributed by atoms with Crippen molar-refractivity contribution in [3.05, 3.63) is 0 Å². The SMILES string of the molecule is CCCCCCCCCCC(=O)NCC(O)CO. The molecule has 0 aliphatic rings. The molecule has 0 aliphatic carbocycles. The van der Waals surface area contributed by atoms with Crippen LogP contribution in [0.1, 0.15) is 64.7 Å². The van der Waals surface area contributed by atoms with Gasteiger partial charge >= 0.3 is 0 Å². The van der Waals surface area contributed by atoms with Crippen LogP contribution >= 0.6 is 0 Å². The van der Waals surface area contributed by atoms with Crippen molar-refractivity contribution in [2.45, 2.75) is 70.8 Å². The molecule has 0 saturated heterocycles. The van der Waals surface area contributed by atoms with E-state index in [1.54, 1.807) is 0 Å². The zero-order valence-corrected chi connectivity index (χ0v) is 11.7. The quantitative estimate of drug-likeness (QED) is 0.469. The third-order valence-corrected chi connectivity index (χ3v) is 3.00. The summed E-state index contributed by atoms with van der Waals surface area (Å²) >= 11 is 0. The third kappa shape index (κ3) is 11.9. The Bertz CT molecular complexity index is 197. The molecule has 1 unspecified atom stereocenters. The van der Waals surface area contributed by atoms with Crippen LogP contribution in [0.15, 0.2) is 0 Å². The Morgan fingerprint density at radius 3 is 2.17 bits per heavy atom. The minimum atomic E-state index is -0.840. The van der Waals surface area contributed by atoms with Crippen LogP contribution < -0.4 is 5.32 Å². The van der Waals surface area contributed by atoms with E-state index in [1.165, 1.54) is 38.5 Å². The van der Waals surface area contributed by atoms with E-state index in [0.29, 0.717) is 6.42 Å². The Balaban J connectivity index is 3.20. The summed E-state index contributed by atoms with van der Waals surface area (Å²) in [6.45, 7) is 2.05. The summed E-state index contributed by atoms with van der Waals surface area (Å²) in [5, 5.41) is 20.2. The van der Waals surface area contributed by atoms with Crippen molar-refractivity contribution in [1.82, 2.24) is 5.32 Å². The molecule has 0 bridgehead atoms. The highest BCUT2D eigenvalue weighted by atomic mass is 16.3. The van der Waals surface area contributed by atoms with Crippen LogP contribution in [0.5, 0.6) is 0 Å². The van der Waals surface area contributed by atoms with Crippen LogP contribution in [0.2, 0.25) is 0 Å². The Labute approximate surface area is 111 Å². The van der Waals surface area contributed by atoms with Crippen LogP contribution in [0.3, 0.4) is 0 Å². The molecule has 4 nitrogen and oxygen atoms in total. The van der Waals surface area contributed by atoms with Gasteiger partial charge in [-0.1, -0.05) is 51.9 Å². The van der Waals surface area contributed by atoms with Crippen molar-refractivity contribution < 1.29 is 15.0 Å². The summed E-state index contributed by atoms with van der Waals surface area (Å²) in [5.74, 6) is -0.0338. The van der Waals surface area contributed by atoms with Crippen molar-refractivity contribution in [1.29, 1.82) is 0 Å². The number of aliphatic hydroxyl groups is 2. The highest BCUT2D eigenvalue weighted by Gasteiger charge is 2.05. The summed E-state index contributed by atoms with van der Waals surface area (Å²) in [5.41, 5.74) is 0. The van der Waals surface area contributed by atoms with E-state index < -0.39 is 6.10 Å². The first-order valence-corrected chi connectivity index (χ1v) is 7.26. The van der Waals surface area contributed by atoms with E-state index in [2.05, 4.69) is 12.2 Å². The highest BCUT2D eigenvalue weighted by Crippen LogP contribution is 2.09. The summed E-state index contributed by atoms with van der Waals surface area (Å²) in [6, 6.07) is 0. The first-order chi connectivity index (χ1) is 8.70. The molecule has 0 rings (SSSR count). The molecule has 0 saturated carbocycles. The molecule has 0 heterocycles. The van der Waals surface area contributed by atoms with Crippen LogP contribution in [0.4, 0.5) is 0 Å². The second-order valence-corrected chi connectivity index (χ2v) is 4.87. The molecule has 3 N–H and O–H groups in total. The summed E-state index contributed by atoms with van der Waals surface area (Å²) in [6.07, 6.45) is 9.41. The predicted octanol–water partition coefficient (Wildman–Crippen LogP) is 1.99. The molecular weight excluding hydrogens is 230 g/mol. The van der Waals surface area contributed by atoms with E-state index in [1.807, 2.05) is 0 Å². The highest BCUT2D eigenvalue weighted by molar-refractivity contribution is 5.75. The van der Waals surface area contributed by atoms with Crippen molar-refractivity contribution >= 4 is 5.91 Å². The van der Waals surface area contributed by atoms with Crippen molar-refractivity contribution in [3.8, 4) is 0 Å². The zero-order valence-electron chi connectivity index (χ0n) is 11.7. The number of unbranched alkanes of at least 4 members (excludes halogenated alkanes) is 7. The number of rotatable bonds is 12. The van der Waals surface area contributed by atoms with Gasteiger partial charge in [0, 0.05) is 13.0 Å². The summed E-state index contributed by atoms with van der Waals surface area (Å²) in [7, 11) is 0. The van der Waals surface area contributed by atoms with Gasteiger partial charge in [0.15, 0.2) is 0 Å². The second-order valence-electron chi connectivity index (χ2n) is 4.87. The lowest BCUT2D eigenvalue weighted by Gasteiger charge is -2.08. The molecule has 0 aromatic carbocycles. The predicted molar refractivity (Wildman–Crippen MR) is 73.3 cm³/mol. The number of hydrogen-bond donors (Lipinski definition) is 3. The molecular formula is C14H29NO3. The van der Waals surface area contributed by atoms with Crippen LogP contribution in [-0.4, -0.2) is 35.4 Å². The summed E-state index contributed by atoms with van der Waals surface area (Å²) < 4.78 is 0. The zero-order chi connectivity index (χ0) is 13.6. The van der Waals surface area contributed by atoms with E-state index in [9.17, 15) is 4.79 Å². The fraction of sp³-hybridized carbons (Fsp3) is 0.929. The Morgan fingerprint density at radius 2 is 1.61 bits per heavy atom. The number of hydrogen-bond acceptors (Lipinski definition) is 3. The second kappa shape index (κ2) is 12.8. The maximum absolute atomic E-state index is 11.3. The smallest absolute Gasteiger partial charge is 0.220 e. The van der Waals surface area contributed by atoms with Gasteiger partial charge in [0.2, 0.25) is 5.91 Å². The van der Waals surface area contributed by atoms with Crippen molar-refractivity contribution in [2.24, 2.45) is 0 Å². The van der Waals surface area contributed by atoms with E-state index in [0.717, 1.165) is 12.8 Å². The van der Waals surface area contributed by atoms with Gasteiger partial charge in [-0.15, -0.1) is 0 Å². The first kappa shape index (κ1) is 17.4. The molecule has 0 aromatic heterocycles. The molecule has 0 aromatic rings. The number of nitrogens with one attached hydrogen (secondary N) is 1. The number of carbonyl (C=O) groups is 1. The van der Waals surface area contributed by atoms with Gasteiger partial charge in [-0.3, -0.25) is 4.79 Å². The maximum atomic E-state index is 11.3. The molecule has 108 valence electrons. The van der Waals surface area contributed by atoms with Gasteiger partial charge in [0.1, 0.15) is 0 Å². The molecule has 1 amide bonds. The monoisotopic (exact) mass is 259 g/mol. The number of aliphatic hydroxyl groups excluding tert-OH is 2. The number of amides is 1. The molecule has 18 heavy (non-hydrogen) atoms. The first-order valence-electron chi connectivity index (χ1n) is 7.26. The average Bonchev–Trinajstić information content (AvgIpc) is 2.39. The van der Waals surface area contributed by atoms with Gasteiger partial charge in [0.25, 0.3) is 0 Å². The minimum Gasteiger partial charge on any atom is -0.394 e. The third-order valence-electron chi connectivity index (χ3n) is 3.00. The molecule has 0 spiro atoms. The van der Waals surface area contributed by atoms with Crippen LogP contribution in [-0.2, 0) is 4.79 Å². The van der Waals surface area contributed by atoms with Gasteiger partial charge < -0.3 is 15.5 Å². The standard InChI is InChI=1S/C14H29NO3/c1-2-3-4-5-6-7-8-9-10-14(18)15-11-13(17)12-16/h13,16-17H,2-12H2,1H3,(H,15,18). The largest absolute Gasteiger partial charge is 0.394 e. The van der Waals surface area contributed by atoms with Gasteiger partial charge in [-0.2, -0.15) is 0 Å². The van der Waals surface area contributed by atoms with Crippen molar-refractivity contribution in [2.75, 3.05) is 13.2 Å². The van der Waals surface area contributed by atoms with Gasteiger partial charge in [-0.25, -0.2) is 0 Å². The lowest BCUT2D eigenvalue weighted by atomic mass is 10.1. The lowest BCUT2D eigenvalue weighted by Crippen LogP contribution is -2.33. The van der Waals surface area contributed by atoms with E-state index in [4.69, 9.17) is 10.2 Å². The molecule has 0 aliphatic heterocycles. The molecule has 0 radical (unpaired) electrons. The normalized spacial score (nSPS) is 12.4. The topological polar surface area (TPSA) is 69.6 Å². The maximum Gasteiger partial charge on any atom is 0.220 e. The van der Waals surface area contributed by atoms with Gasteiger partial charge in [-0.05, 0) is 6.42 Å². The average molecular weight is 259 g/mol. The van der Waals surface area contributed by atoms with Crippen LogP contribution in [0, 0.1) is 0 Å². The Hall–Kier alpha value is -0.610. The molecule has 0 fully saturated rings. The van der Waals surface area contributed by atoms with Crippen molar-refractivity contribution in [3.63, 3.8) is 0 Å². The van der Waals surface area contributed by atoms with E-state index >= 15 is 0 Å². The fourth-order valence-electron chi connectivity index (χ4n) is 1.80. The Kier molecular flexibility index (Phi) is 12.4. The molecule has 1 atom stereocenters. The summed E-state index contributed by atoms with van der Waals surface area (Å²) in [4.78, 5) is 11.3. The fourth-order valence-corrected chi connectivity index (χ4v) is 1.80.